The molecular formula is C5H8N4. The lowest BCUT2D eigenvalue weighted by Gasteiger charge is -1.94. The Kier molecular flexibility index (Phi) is 1.95. The van der Waals surface area contributed by atoms with Gasteiger partial charge in [-0.25, -0.2) is 0 Å². The van der Waals surface area contributed by atoms with Crippen molar-refractivity contribution in [3.63, 3.8) is 0 Å². The van der Waals surface area contributed by atoms with Crippen molar-refractivity contribution in [1.82, 2.24) is 5.43 Å². The van der Waals surface area contributed by atoms with Crippen molar-refractivity contribution in [1.29, 1.82) is 0 Å². The molecule has 0 spiro atoms. The van der Waals surface area contributed by atoms with E-state index in [4.69, 9.17) is 0 Å². The number of nitrogens with one attached hydrogen (secondary N) is 1. The second kappa shape index (κ2) is 2.96. The molecule has 1 rings (SSSR count). The predicted octanol–water partition coefficient (Wildman–Crippen LogP) is 0.889. The molecule has 0 unspecified atom stereocenters. The first kappa shape index (κ1) is 5.94. The van der Waals surface area contributed by atoms with Crippen LogP contribution in [-0.4, -0.2) is 12.9 Å². The summed E-state index contributed by atoms with van der Waals surface area (Å²) in [4.78, 5) is 0. The minimum absolute atomic E-state index is 0.459. The molecule has 0 saturated heterocycles. The monoisotopic (exact) mass is 124 g/mol. The lowest BCUT2D eigenvalue weighted by molar-refractivity contribution is 0.732. The summed E-state index contributed by atoms with van der Waals surface area (Å²) in [5.74, 6) is 0. The molecule has 0 saturated carbocycles. The highest BCUT2D eigenvalue weighted by Gasteiger charge is 1.83. The summed E-state index contributed by atoms with van der Waals surface area (Å²) >= 11 is 0. The first-order valence-corrected chi connectivity index (χ1v) is 2.69. The van der Waals surface area contributed by atoms with E-state index in [0.29, 0.717) is 6.67 Å². The van der Waals surface area contributed by atoms with E-state index in [0.717, 1.165) is 5.57 Å². The molecule has 4 heteroatoms. The molecule has 48 valence electrons. The van der Waals surface area contributed by atoms with Gasteiger partial charge in [-0.05, 0) is 12.5 Å². The van der Waals surface area contributed by atoms with E-state index < -0.39 is 0 Å². The van der Waals surface area contributed by atoms with E-state index in [-0.39, 0.29) is 0 Å². The van der Waals surface area contributed by atoms with Crippen molar-refractivity contribution in [2.75, 3.05) is 6.67 Å². The van der Waals surface area contributed by atoms with Crippen molar-refractivity contribution in [2.24, 2.45) is 15.3 Å². The fourth-order valence-corrected chi connectivity index (χ4v) is 0.426. The molecule has 1 aliphatic heterocycles. The van der Waals surface area contributed by atoms with Crippen LogP contribution in [0.5, 0.6) is 0 Å². The fraction of sp³-hybridized carbons (Fsp3) is 0.400. The molecule has 9 heavy (non-hydrogen) atoms. The smallest absolute Gasteiger partial charge is 0.144 e. The third kappa shape index (κ3) is 2.03. The summed E-state index contributed by atoms with van der Waals surface area (Å²) in [5.41, 5.74) is 3.68. The molecule has 0 atom stereocenters. The zero-order valence-electron chi connectivity index (χ0n) is 5.20. The zero-order chi connectivity index (χ0) is 6.53. The Balaban J connectivity index is 2.66. The lowest BCUT2D eigenvalue weighted by Crippen LogP contribution is -2.05. The SMILES string of the molecule is CC1=C/N=N\CN\N=C\1. The van der Waals surface area contributed by atoms with E-state index in [2.05, 4.69) is 20.8 Å². The van der Waals surface area contributed by atoms with Crippen molar-refractivity contribution >= 4 is 6.21 Å². The molecule has 0 aromatic heterocycles. The minimum atomic E-state index is 0.459. The van der Waals surface area contributed by atoms with Crippen LogP contribution in [0.4, 0.5) is 0 Å². The van der Waals surface area contributed by atoms with Gasteiger partial charge in [-0.3, -0.25) is 5.43 Å². The third-order valence-corrected chi connectivity index (χ3v) is 0.844. The zero-order valence-corrected chi connectivity index (χ0v) is 5.20. The van der Waals surface area contributed by atoms with Crippen molar-refractivity contribution < 1.29 is 0 Å². The molecule has 0 aromatic carbocycles. The average molecular weight is 124 g/mol. The average Bonchev–Trinajstić information content (AvgIpc) is 1.79. The van der Waals surface area contributed by atoms with Gasteiger partial charge in [0.25, 0.3) is 0 Å². The Morgan fingerprint density at radius 1 is 1.67 bits per heavy atom. The molecule has 0 aromatic rings. The summed E-state index contributed by atoms with van der Waals surface area (Å²) in [6, 6.07) is 0. The highest BCUT2D eigenvalue weighted by molar-refractivity contribution is 5.77. The van der Waals surface area contributed by atoms with Crippen molar-refractivity contribution in [3.05, 3.63) is 11.8 Å². The molecule has 0 amide bonds. The number of allylic oxidation sites excluding steroid dienone is 1. The van der Waals surface area contributed by atoms with Gasteiger partial charge in [-0.15, -0.1) is 0 Å². The maximum Gasteiger partial charge on any atom is 0.144 e. The van der Waals surface area contributed by atoms with Gasteiger partial charge >= 0.3 is 0 Å². The van der Waals surface area contributed by atoms with Gasteiger partial charge in [-0.1, -0.05) is 0 Å². The van der Waals surface area contributed by atoms with Crippen molar-refractivity contribution in [2.45, 2.75) is 6.92 Å². The Hall–Kier alpha value is -1.19. The highest BCUT2D eigenvalue weighted by atomic mass is 15.3. The summed E-state index contributed by atoms with van der Waals surface area (Å²) in [5, 5.41) is 11.2. The molecule has 4 nitrogen and oxygen atoms in total. The quantitative estimate of drug-likeness (QED) is 0.512. The Morgan fingerprint density at radius 3 is 3.44 bits per heavy atom. The summed E-state index contributed by atoms with van der Waals surface area (Å²) in [6.45, 7) is 2.37. The van der Waals surface area contributed by atoms with Gasteiger partial charge in [0.15, 0.2) is 0 Å². The summed E-state index contributed by atoms with van der Waals surface area (Å²) < 4.78 is 0. The summed E-state index contributed by atoms with van der Waals surface area (Å²) in [7, 11) is 0. The molecule has 0 radical (unpaired) electrons. The standard InChI is InChI=1S/C5H8N4/c1-5-2-6-8-4-9-7-3-5/h2-3,8H,4H2,1H3/b5-3-,6-2+,9-7-. The number of hydrazone groups is 1. The van der Waals surface area contributed by atoms with Crippen LogP contribution in [0.2, 0.25) is 0 Å². The van der Waals surface area contributed by atoms with Gasteiger partial charge in [0.05, 0.1) is 12.4 Å². The molecule has 0 fully saturated rings. The lowest BCUT2D eigenvalue weighted by atomic mass is 10.4. The Labute approximate surface area is 53.4 Å². The molecule has 0 aliphatic carbocycles. The van der Waals surface area contributed by atoms with Crippen LogP contribution in [0.15, 0.2) is 27.1 Å². The number of hydrogen-bond donors (Lipinski definition) is 1. The largest absolute Gasteiger partial charge is 0.287 e. The van der Waals surface area contributed by atoms with Crippen molar-refractivity contribution in [3.8, 4) is 0 Å². The fourth-order valence-electron chi connectivity index (χ4n) is 0.426. The molecule has 0 bridgehead atoms. The number of hydrogen-bond acceptors (Lipinski definition) is 4. The normalized spacial score (nSPS) is 30.6. The maximum absolute atomic E-state index is 3.81. The number of azo groups is 1. The van der Waals surface area contributed by atoms with Gasteiger partial charge in [-0.2, -0.15) is 15.3 Å². The second-order valence-corrected chi connectivity index (χ2v) is 1.70. The van der Waals surface area contributed by atoms with Gasteiger partial charge in [0, 0.05) is 0 Å². The van der Waals surface area contributed by atoms with E-state index in [9.17, 15) is 0 Å². The third-order valence-electron chi connectivity index (χ3n) is 0.844. The van der Waals surface area contributed by atoms with Gasteiger partial charge in [0.2, 0.25) is 0 Å². The number of nitrogens with zero attached hydrogens (tertiary/aromatic N) is 3. The Morgan fingerprint density at radius 2 is 2.56 bits per heavy atom. The second-order valence-electron chi connectivity index (χ2n) is 1.70. The van der Waals surface area contributed by atoms with Crippen LogP contribution in [0.1, 0.15) is 6.92 Å². The highest BCUT2D eigenvalue weighted by Crippen LogP contribution is 1.90. The predicted molar refractivity (Wildman–Crippen MR) is 35.1 cm³/mol. The van der Waals surface area contributed by atoms with Gasteiger partial charge < -0.3 is 0 Å². The molecule has 1 aliphatic rings. The maximum atomic E-state index is 3.81. The van der Waals surface area contributed by atoms with Crippen LogP contribution in [-0.2, 0) is 0 Å². The van der Waals surface area contributed by atoms with Crippen LogP contribution >= 0.6 is 0 Å². The first-order chi connectivity index (χ1) is 4.39. The van der Waals surface area contributed by atoms with Gasteiger partial charge in [0.1, 0.15) is 6.67 Å². The molecule has 1 heterocycles. The molecular weight excluding hydrogens is 116 g/mol. The Bertz CT molecular complexity index is 168. The minimum Gasteiger partial charge on any atom is -0.287 e. The first-order valence-electron chi connectivity index (χ1n) is 2.69. The van der Waals surface area contributed by atoms with E-state index in [1.54, 1.807) is 12.4 Å². The topological polar surface area (TPSA) is 49.1 Å². The van der Waals surface area contributed by atoms with Crippen LogP contribution in [0.25, 0.3) is 0 Å². The van der Waals surface area contributed by atoms with E-state index in [1.807, 2.05) is 6.92 Å². The summed E-state index contributed by atoms with van der Waals surface area (Å²) in [6.07, 6.45) is 3.38. The van der Waals surface area contributed by atoms with Crippen LogP contribution in [0, 0.1) is 0 Å². The van der Waals surface area contributed by atoms with E-state index >= 15 is 0 Å². The molecule has 1 N–H and O–H groups in total. The van der Waals surface area contributed by atoms with E-state index in [1.165, 1.54) is 0 Å². The number of rotatable bonds is 0. The van der Waals surface area contributed by atoms with Crippen LogP contribution < -0.4 is 5.43 Å². The van der Waals surface area contributed by atoms with Crippen LogP contribution in [0.3, 0.4) is 0 Å².